The lowest BCUT2D eigenvalue weighted by Crippen LogP contribution is -2.37. The highest BCUT2D eigenvalue weighted by Gasteiger charge is 2.46. The van der Waals surface area contributed by atoms with Crippen molar-refractivity contribution in [3.8, 4) is 5.75 Å². The first-order valence-electron chi connectivity index (χ1n) is 9.39. The number of carbonyl (C=O) groups is 1. The van der Waals surface area contributed by atoms with Crippen molar-refractivity contribution in [1.82, 2.24) is 10.2 Å². The van der Waals surface area contributed by atoms with Crippen LogP contribution in [0.5, 0.6) is 5.75 Å². The molecule has 2 aliphatic heterocycles. The molecule has 2 saturated heterocycles. The zero-order valence-electron chi connectivity index (χ0n) is 15.9. The van der Waals surface area contributed by atoms with Crippen LogP contribution in [0.4, 0.5) is 0 Å². The van der Waals surface area contributed by atoms with Crippen LogP contribution in [-0.4, -0.2) is 37.0 Å². The number of fused-ring (bicyclic) bond motifs is 1. The molecule has 2 aromatic rings. The van der Waals surface area contributed by atoms with E-state index in [1.165, 1.54) is 11.1 Å². The van der Waals surface area contributed by atoms with Crippen LogP contribution < -0.4 is 10.1 Å². The largest absolute Gasteiger partial charge is 0.483 e. The number of halogens is 1. The first-order valence-corrected chi connectivity index (χ1v) is 9.39. The lowest BCUT2D eigenvalue weighted by atomic mass is 9.89. The summed E-state index contributed by atoms with van der Waals surface area (Å²) in [5.74, 6) is 1.90. The number of likely N-dealkylation sites (tertiary alicyclic amines) is 1. The van der Waals surface area contributed by atoms with Gasteiger partial charge in [0.15, 0.2) is 6.61 Å². The van der Waals surface area contributed by atoms with E-state index in [0.717, 1.165) is 30.9 Å². The average molecular weight is 387 g/mol. The second kappa shape index (κ2) is 8.32. The zero-order valence-corrected chi connectivity index (χ0v) is 16.7. The van der Waals surface area contributed by atoms with Crippen LogP contribution in [0.2, 0.25) is 0 Å². The lowest BCUT2D eigenvalue weighted by Gasteiger charge is -2.28. The molecule has 0 aromatic heterocycles. The molecule has 3 atom stereocenters. The molecule has 1 amide bonds. The first kappa shape index (κ1) is 19.7. The standard InChI is InChI=1S/C22H26N2O2.ClH/c1-15-7-6-10-20(16(15)2)26-14-21(25)24-13-18-11-23-12-19(18)22(24)17-8-4-3-5-9-17;/h3-10,18-19,22-23H,11-14H2,1-2H3;1H/t18-,19-,22+;/m0./s1. The van der Waals surface area contributed by atoms with E-state index in [4.69, 9.17) is 4.74 Å². The van der Waals surface area contributed by atoms with Crippen LogP contribution in [0.15, 0.2) is 48.5 Å². The molecular formula is C22H27ClN2O2. The van der Waals surface area contributed by atoms with Crippen LogP contribution in [0.25, 0.3) is 0 Å². The van der Waals surface area contributed by atoms with Gasteiger partial charge in [0.25, 0.3) is 5.91 Å². The maximum atomic E-state index is 13.0. The zero-order chi connectivity index (χ0) is 18.1. The van der Waals surface area contributed by atoms with Crippen molar-refractivity contribution >= 4 is 18.3 Å². The number of nitrogens with zero attached hydrogens (tertiary/aromatic N) is 1. The summed E-state index contributed by atoms with van der Waals surface area (Å²) in [5.41, 5.74) is 3.50. The molecule has 2 fully saturated rings. The van der Waals surface area contributed by atoms with Gasteiger partial charge in [0.1, 0.15) is 5.75 Å². The van der Waals surface area contributed by atoms with Crippen molar-refractivity contribution in [2.24, 2.45) is 11.8 Å². The summed E-state index contributed by atoms with van der Waals surface area (Å²) in [4.78, 5) is 15.0. The fraction of sp³-hybridized carbons (Fsp3) is 0.409. The highest BCUT2D eigenvalue weighted by molar-refractivity contribution is 5.85. The third-order valence-electron chi connectivity index (χ3n) is 5.93. The summed E-state index contributed by atoms with van der Waals surface area (Å²) in [6.07, 6.45) is 0. The molecule has 0 spiro atoms. The minimum atomic E-state index is 0. The number of ether oxygens (including phenoxy) is 1. The molecule has 144 valence electrons. The molecule has 1 N–H and O–H groups in total. The predicted molar refractivity (Wildman–Crippen MR) is 109 cm³/mol. The molecule has 0 unspecified atom stereocenters. The van der Waals surface area contributed by atoms with Gasteiger partial charge in [-0.05, 0) is 42.5 Å². The summed E-state index contributed by atoms with van der Waals surface area (Å²) in [6, 6.07) is 16.5. The van der Waals surface area contributed by atoms with Crippen LogP contribution in [0, 0.1) is 25.7 Å². The molecule has 27 heavy (non-hydrogen) atoms. The number of aryl methyl sites for hydroxylation is 1. The Bertz CT molecular complexity index is 796. The summed E-state index contributed by atoms with van der Waals surface area (Å²) in [6.45, 7) is 6.98. The molecule has 2 aliphatic rings. The molecule has 5 heteroatoms. The van der Waals surface area contributed by atoms with Gasteiger partial charge in [-0.3, -0.25) is 4.79 Å². The fourth-order valence-electron chi connectivity index (χ4n) is 4.36. The van der Waals surface area contributed by atoms with Crippen molar-refractivity contribution in [1.29, 1.82) is 0 Å². The Morgan fingerprint density at radius 2 is 1.89 bits per heavy atom. The Labute approximate surface area is 167 Å². The van der Waals surface area contributed by atoms with E-state index in [1.54, 1.807) is 0 Å². The third kappa shape index (κ3) is 3.83. The Hall–Kier alpha value is -2.04. The van der Waals surface area contributed by atoms with E-state index in [9.17, 15) is 4.79 Å². The van der Waals surface area contributed by atoms with Crippen LogP contribution in [0.1, 0.15) is 22.7 Å². The van der Waals surface area contributed by atoms with Crippen LogP contribution in [-0.2, 0) is 4.79 Å². The van der Waals surface area contributed by atoms with Gasteiger partial charge in [-0.25, -0.2) is 0 Å². The molecule has 4 rings (SSSR count). The number of hydrogen-bond donors (Lipinski definition) is 1. The van der Waals surface area contributed by atoms with E-state index in [-0.39, 0.29) is 31.0 Å². The van der Waals surface area contributed by atoms with E-state index < -0.39 is 0 Å². The van der Waals surface area contributed by atoms with Gasteiger partial charge in [-0.15, -0.1) is 12.4 Å². The number of nitrogens with one attached hydrogen (secondary N) is 1. The summed E-state index contributed by atoms with van der Waals surface area (Å²) < 4.78 is 5.89. The van der Waals surface area contributed by atoms with Crippen LogP contribution in [0.3, 0.4) is 0 Å². The van der Waals surface area contributed by atoms with E-state index >= 15 is 0 Å². The molecule has 4 nitrogen and oxygen atoms in total. The molecule has 2 aromatic carbocycles. The van der Waals surface area contributed by atoms with Crippen molar-refractivity contribution in [3.63, 3.8) is 0 Å². The number of carbonyl (C=O) groups excluding carboxylic acids is 1. The smallest absolute Gasteiger partial charge is 0.261 e. The number of benzene rings is 2. The quantitative estimate of drug-likeness (QED) is 0.874. The van der Waals surface area contributed by atoms with Crippen molar-refractivity contribution in [2.75, 3.05) is 26.2 Å². The number of amides is 1. The summed E-state index contributed by atoms with van der Waals surface area (Å²) >= 11 is 0. The van der Waals surface area contributed by atoms with Crippen molar-refractivity contribution < 1.29 is 9.53 Å². The Morgan fingerprint density at radius 3 is 2.67 bits per heavy atom. The monoisotopic (exact) mass is 386 g/mol. The first-order chi connectivity index (χ1) is 12.6. The molecule has 0 aliphatic carbocycles. The minimum Gasteiger partial charge on any atom is -0.483 e. The lowest BCUT2D eigenvalue weighted by molar-refractivity contribution is -0.134. The Morgan fingerprint density at radius 1 is 1.11 bits per heavy atom. The van der Waals surface area contributed by atoms with Crippen molar-refractivity contribution in [2.45, 2.75) is 19.9 Å². The predicted octanol–water partition coefficient (Wildman–Crippen LogP) is 3.52. The molecule has 0 saturated carbocycles. The Balaban J connectivity index is 0.00000210. The fourth-order valence-corrected chi connectivity index (χ4v) is 4.36. The normalized spacial score (nSPS) is 23.6. The van der Waals surface area contributed by atoms with E-state index in [2.05, 4.69) is 42.6 Å². The van der Waals surface area contributed by atoms with Gasteiger partial charge < -0.3 is 15.0 Å². The maximum Gasteiger partial charge on any atom is 0.261 e. The van der Waals surface area contributed by atoms with Gasteiger partial charge in [-0.1, -0.05) is 42.5 Å². The van der Waals surface area contributed by atoms with Gasteiger partial charge in [0.05, 0.1) is 6.04 Å². The third-order valence-corrected chi connectivity index (χ3v) is 5.93. The van der Waals surface area contributed by atoms with E-state index in [0.29, 0.717) is 11.8 Å². The average Bonchev–Trinajstić information content (AvgIpc) is 3.24. The van der Waals surface area contributed by atoms with Crippen molar-refractivity contribution in [3.05, 3.63) is 65.2 Å². The van der Waals surface area contributed by atoms with Gasteiger partial charge >= 0.3 is 0 Å². The van der Waals surface area contributed by atoms with Gasteiger partial charge in [0.2, 0.25) is 0 Å². The summed E-state index contributed by atoms with van der Waals surface area (Å²) in [7, 11) is 0. The molecular weight excluding hydrogens is 360 g/mol. The topological polar surface area (TPSA) is 41.6 Å². The maximum absolute atomic E-state index is 13.0. The number of hydrogen-bond acceptors (Lipinski definition) is 3. The second-order valence-electron chi connectivity index (χ2n) is 7.47. The minimum absolute atomic E-state index is 0. The van der Waals surface area contributed by atoms with Gasteiger partial charge in [0, 0.05) is 25.6 Å². The molecule has 0 radical (unpaired) electrons. The number of rotatable bonds is 4. The Kier molecular flexibility index (Phi) is 6.08. The summed E-state index contributed by atoms with van der Waals surface area (Å²) in [5, 5.41) is 3.49. The van der Waals surface area contributed by atoms with Gasteiger partial charge in [-0.2, -0.15) is 0 Å². The molecule has 0 bridgehead atoms. The second-order valence-corrected chi connectivity index (χ2v) is 7.47. The van der Waals surface area contributed by atoms with Crippen LogP contribution >= 0.6 is 12.4 Å². The highest BCUT2D eigenvalue weighted by atomic mass is 35.5. The van der Waals surface area contributed by atoms with E-state index in [1.807, 2.05) is 30.0 Å². The molecule has 2 heterocycles. The highest BCUT2D eigenvalue weighted by Crippen LogP contribution is 2.42. The SMILES string of the molecule is Cc1cccc(OCC(=O)N2C[C@@H]3CNC[C@@H]3[C@H]2c2ccccc2)c1C.Cl.